The number of aromatic nitrogens is 2. The van der Waals surface area contributed by atoms with Gasteiger partial charge in [-0.2, -0.15) is 0 Å². The van der Waals surface area contributed by atoms with E-state index in [9.17, 15) is 14.3 Å². The van der Waals surface area contributed by atoms with Crippen molar-refractivity contribution in [3.8, 4) is 5.75 Å². The van der Waals surface area contributed by atoms with Crippen molar-refractivity contribution in [1.29, 1.82) is 0 Å². The van der Waals surface area contributed by atoms with Crippen LogP contribution in [0, 0.1) is 5.82 Å². The number of ether oxygens (including phenoxy) is 2. The van der Waals surface area contributed by atoms with Crippen LogP contribution in [0.3, 0.4) is 0 Å². The van der Waals surface area contributed by atoms with Gasteiger partial charge in [0, 0.05) is 13.7 Å². The maximum absolute atomic E-state index is 13.0. The van der Waals surface area contributed by atoms with Gasteiger partial charge in [0.2, 0.25) is 11.0 Å². The number of carbonyl (C=O) groups excluding carboxylic acids is 1. The van der Waals surface area contributed by atoms with Crippen LogP contribution in [0.5, 0.6) is 5.75 Å². The second-order valence-corrected chi connectivity index (χ2v) is 7.83. The number of hydrogen-bond donors (Lipinski definition) is 2. The fourth-order valence-electron chi connectivity index (χ4n) is 3.06. The lowest BCUT2D eigenvalue weighted by Gasteiger charge is -2.38. The van der Waals surface area contributed by atoms with E-state index in [0.29, 0.717) is 42.0 Å². The molecule has 2 heterocycles. The van der Waals surface area contributed by atoms with E-state index in [-0.39, 0.29) is 24.9 Å². The molecule has 1 aromatic heterocycles. The molecule has 1 fully saturated rings. The van der Waals surface area contributed by atoms with E-state index in [0.717, 1.165) is 6.42 Å². The minimum absolute atomic E-state index is 0.0769. The molecule has 0 spiro atoms. The molecule has 0 radical (unpaired) electrons. The molecule has 1 atom stereocenters. The molecule has 3 rings (SSSR count). The average molecular weight is 410 g/mol. The third-order valence-corrected chi connectivity index (χ3v) is 5.12. The van der Waals surface area contributed by atoms with Crippen molar-refractivity contribution in [3.63, 3.8) is 0 Å². The zero-order valence-corrected chi connectivity index (χ0v) is 16.4. The van der Waals surface area contributed by atoms with Gasteiger partial charge >= 0.3 is 0 Å². The van der Waals surface area contributed by atoms with Gasteiger partial charge < -0.3 is 14.6 Å². The number of carbonyl (C=O) groups is 1. The molecule has 2 N–H and O–H groups in total. The number of halogens is 1. The monoisotopic (exact) mass is 410 g/mol. The van der Waals surface area contributed by atoms with E-state index in [1.165, 1.54) is 35.6 Å². The first-order valence-corrected chi connectivity index (χ1v) is 9.72. The molecule has 1 aliphatic heterocycles. The summed E-state index contributed by atoms with van der Waals surface area (Å²) in [7, 11) is 1.57. The number of β-amino-alcohol motifs (C(OH)–C–C–N with tert-alkyl or cyclic N) is 1. The Morgan fingerprint density at radius 3 is 2.93 bits per heavy atom. The Morgan fingerprint density at radius 2 is 2.18 bits per heavy atom. The maximum atomic E-state index is 13.0. The fourth-order valence-corrected chi connectivity index (χ4v) is 3.78. The van der Waals surface area contributed by atoms with Gasteiger partial charge in [-0.3, -0.25) is 15.0 Å². The molecule has 10 heteroatoms. The highest BCUT2D eigenvalue weighted by Gasteiger charge is 2.34. The molecular formula is C18H23FN4O4S. The molecular weight excluding hydrogens is 387 g/mol. The van der Waals surface area contributed by atoms with Gasteiger partial charge in [0.25, 0.3) is 0 Å². The molecule has 8 nitrogen and oxygen atoms in total. The van der Waals surface area contributed by atoms with Crippen LogP contribution in [0.2, 0.25) is 0 Å². The number of hydrogen-bond acceptors (Lipinski definition) is 8. The Bertz CT molecular complexity index is 788. The molecule has 1 amide bonds. The van der Waals surface area contributed by atoms with E-state index in [1.807, 2.05) is 4.90 Å². The maximum Gasteiger partial charge on any atom is 0.240 e. The second-order valence-electron chi connectivity index (χ2n) is 6.76. The Hall–Kier alpha value is -2.14. The third kappa shape index (κ3) is 5.93. The van der Waals surface area contributed by atoms with Crippen LogP contribution < -0.4 is 10.1 Å². The first-order valence-electron chi connectivity index (χ1n) is 8.90. The van der Waals surface area contributed by atoms with Crippen molar-refractivity contribution in [2.45, 2.75) is 25.0 Å². The number of methoxy groups -OCH3 is 1. The molecule has 0 bridgehead atoms. The van der Waals surface area contributed by atoms with Crippen LogP contribution in [-0.2, 0) is 16.1 Å². The van der Waals surface area contributed by atoms with Crippen molar-refractivity contribution in [1.82, 2.24) is 15.1 Å². The topological polar surface area (TPSA) is 96.8 Å². The van der Waals surface area contributed by atoms with Gasteiger partial charge in [0.1, 0.15) is 35.4 Å². The third-order valence-electron chi connectivity index (χ3n) is 4.30. The molecule has 152 valence electrons. The smallest absolute Gasteiger partial charge is 0.240 e. The lowest BCUT2D eigenvalue weighted by atomic mass is 9.93. The Labute approximate surface area is 166 Å². The summed E-state index contributed by atoms with van der Waals surface area (Å²) in [6, 6.07) is 5.66. The molecule has 2 aromatic rings. The van der Waals surface area contributed by atoms with E-state index >= 15 is 0 Å². The van der Waals surface area contributed by atoms with Crippen LogP contribution in [0.4, 0.5) is 9.52 Å². The van der Waals surface area contributed by atoms with Gasteiger partial charge in [-0.25, -0.2) is 4.39 Å². The van der Waals surface area contributed by atoms with Crippen LogP contribution in [0.15, 0.2) is 24.3 Å². The number of nitrogens with one attached hydrogen (secondary N) is 1. The van der Waals surface area contributed by atoms with E-state index < -0.39 is 5.60 Å². The Kier molecular flexibility index (Phi) is 6.89. The minimum Gasteiger partial charge on any atom is -0.491 e. The number of anilines is 1. The zero-order chi connectivity index (χ0) is 20.0. The standard InChI is InChI=1S/C18H23FN4O4S/c1-26-10-16-21-22-17(28-16)20-15(24)9-23-8-2-7-18(25,11-23)12-27-14-5-3-13(19)4-6-14/h3-6,25H,2,7-12H2,1H3,(H,20,22,24). The number of likely N-dealkylation sites (tertiary alicyclic amines) is 1. The van der Waals surface area contributed by atoms with Crippen LogP contribution in [-0.4, -0.2) is 65.1 Å². The van der Waals surface area contributed by atoms with Gasteiger partial charge in [0.15, 0.2) is 0 Å². The summed E-state index contributed by atoms with van der Waals surface area (Å²) < 4.78 is 23.5. The molecule has 1 aromatic carbocycles. The average Bonchev–Trinajstić information content (AvgIpc) is 3.08. The van der Waals surface area contributed by atoms with Crippen LogP contribution in [0.25, 0.3) is 0 Å². The van der Waals surface area contributed by atoms with E-state index in [1.54, 1.807) is 7.11 Å². The van der Waals surface area contributed by atoms with Crippen molar-refractivity contribution < 1.29 is 23.8 Å². The molecule has 0 aliphatic carbocycles. The quantitative estimate of drug-likeness (QED) is 0.683. The lowest BCUT2D eigenvalue weighted by Crippen LogP contribution is -2.53. The summed E-state index contributed by atoms with van der Waals surface area (Å²) in [6.45, 7) is 1.58. The second kappa shape index (κ2) is 9.37. The first kappa shape index (κ1) is 20.6. The van der Waals surface area contributed by atoms with Gasteiger partial charge in [-0.15, -0.1) is 10.2 Å². The van der Waals surface area contributed by atoms with Crippen molar-refractivity contribution >= 4 is 22.4 Å². The fraction of sp³-hybridized carbons (Fsp3) is 0.500. The van der Waals surface area contributed by atoms with Crippen molar-refractivity contribution in [2.24, 2.45) is 0 Å². The summed E-state index contributed by atoms with van der Waals surface area (Å²) in [5.41, 5.74) is -1.07. The number of piperidine rings is 1. The van der Waals surface area contributed by atoms with E-state index in [2.05, 4.69) is 15.5 Å². The summed E-state index contributed by atoms with van der Waals surface area (Å²) >= 11 is 1.26. The van der Waals surface area contributed by atoms with Gasteiger partial charge in [-0.1, -0.05) is 11.3 Å². The zero-order valence-electron chi connectivity index (χ0n) is 15.6. The van der Waals surface area contributed by atoms with Crippen LogP contribution in [0.1, 0.15) is 17.8 Å². The molecule has 1 unspecified atom stereocenters. The van der Waals surface area contributed by atoms with Crippen LogP contribution >= 0.6 is 11.3 Å². The number of aliphatic hydroxyl groups is 1. The van der Waals surface area contributed by atoms with E-state index in [4.69, 9.17) is 9.47 Å². The van der Waals surface area contributed by atoms with Crippen molar-refractivity contribution in [2.75, 3.05) is 38.7 Å². The summed E-state index contributed by atoms with van der Waals surface area (Å²) in [6.07, 6.45) is 1.32. The minimum atomic E-state index is -1.07. The number of nitrogens with zero attached hydrogens (tertiary/aromatic N) is 3. The molecule has 1 aliphatic rings. The number of benzene rings is 1. The highest BCUT2D eigenvalue weighted by atomic mass is 32.1. The van der Waals surface area contributed by atoms with Gasteiger partial charge in [-0.05, 0) is 43.7 Å². The summed E-state index contributed by atoms with van der Waals surface area (Å²) in [5, 5.41) is 22.5. The first-order chi connectivity index (χ1) is 13.5. The number of amides is 1. The normalized spacial score (nSPS) is 20.1. The highest BCUT2D eigenvalue weighted by molar-refractivity contribution is 7.15. The highest BCUT2D eigenvalue weighted by Crippen LogP contribution is 2.23. The Morgan fingerprint density at radius 1 is 1.39 bits per heavy atom. The van der Waals surface area contributed by atoms with Gasteiger partial charge in [0.05, 0.1) is 6.54 Å². The summed E-state index contributed by atoms with van der Waals surface area (Å²) in [5.74, 6) is -0.0673. The lowest BCUT2D eigenvalue weighted by molar-refractivity contribution is -0.119. The molecule has 1 saturated heterocycles. The predicted octanol–water partition coefficient (Wildman–Crippen LogP) is 1.67. The number of rotatable bonds is 8. The largest absolute Gasteiger partial charge is 0.491 e. The van der Waals surface area contributed by atoms with Crippen molar-refractivity contribution in [3.05, 3.63) is 35.1 Å². The Balaban J connectivity index is 1.48. The SMILES string of the molecule is COCc1nnc(NC(=O)CN2CCCC(O)(COc3ccc(F)cc3)C2)s1. The molecule has 0 saturated carbocycles. The predicted molar refractivity (Wildman–Crippen MR) is 102 cm³/mol. The molecule has 28 heavy (non-hydrogen) atoms. The summed E-state index contributed by atoms with van der Waals surface area (Å²) in [4.78, 5) is 14.2.